The van der Waals surface area contributed by atoms with Crippen molar-refractivity contribution in [2.75, 3.05) is 7.11 Å². The van der Waals surface area contributed by atoms with Gasteiger partial charge in [0.05, 0.1) is 12.7 Å². The number of methoxy groups -OCH3 is 1. The summed E-state index contributed by atoms with van der Waals surface area (Å²) >= 11 is 0. The molecular formula is C11H7F3O3. The molecule has 0 atom stereocenters. The SMILES string of the molecule is COc1c(F)cc2oc(F)c(C)c(=O)c2c1F. The molecule has 1 heterocycles. The molecule has 1 aromatic heterocycles. The van der Waals surface area contributed by atoms with Gasteiger partial charge in [0.15, 0.2) is 17.4 Å². The van der Waals surface area contributed by atoms with Crippen molar-refractivity contribution < 1.29 is 22.3 Å². The maximum Gasteiger partial charge on any atom is 0.285 e. The Morgan fingerprint density at radius 3 is 2.53 bits per heavy atom. The van der Waals surface area contributed by atoms with Crippen molar-refractivity contribution in [2.45, 2.75) is 6.92 Å². The Bertz CT molecular complexity index is 661. The number of hydrogen-bond acceptors (Lipinski definition) is 3. The van der Waals surface area contributed by atoms with Crippen molar-refractivity contribution in [1.29, 1.82) is 0 Å². The van der Waals surface area contributed by atoms with E-state index in [-0.39, 0.29) is 5.56 Å². The van der Waals surface area contributed by atoms with Crippen LogP contribution in [0.15, 0.2) is 15.3 Å². The largest absolute Gasteiger partial charge is 0.491 e. The van der Waals surface area contributed by atoms with Gasteiger partial charge in [-0.2, -0.15) is 4.39 Å². The smallest absolute Gasteiger partial charge is 0.285 e. The average Bonchev–Trinajstić information content (AvgIpc) is 2.26. The summed E-state index contributed by atoms with van der Waals surface area (Å²) in [5, 5.41) is -0.526. The van der Waals surface area contributed by atoms with Crippen molar-refractivity contribution in [3.8, 4) is 5.75 Å². The Balaban J connectivity index is 3.04. The molecule has 0 bridgehead atoms. The number of ether oxygens (including phenoxy) is 1. The van der Waals surface area contributed by atoms with Crippen LogP contribution >= 0.6 is 0 Å². The lowest BCUT2D eigenvalue weighted by atomic mass is 10.1. The molecule has 0 fully saturated rings. The zero-order valence-electron chi connectivity index (χ0n) is 8.94. The molecule has 6 heteroatoms. The van der Waals surface area contributed by atoms with Gasteiger partial charge in [-0.25, -0.2) is 8.78 Å². The van der Waals surface area contributed by atoms with E-state index in [1.165, 1.54) is 0 Å². The third-order valence-corrected chi connectivity index (χ3v) is 2.41. The Hall–Kier alpha value is -1.98. The lowest BCUT2D eigenvalue weighted by Gasteiger charge is -2.06. The maximum atomic E-state index is 13.8. The first kappa shape index (κ1) is 11.5. The van der Waals surface area contributed by atoms with Crippen LogP contribution in [0.5, 0.6) is 5.75 Å². The maximum absolute atomic E-state index is 13.8. The zero-order valence-corrected chi connectivity index (χ0v) is 8.94. The highest BCUT2D eigenvalue weighted by atomic mass is 19.1. The van der Waals surface area contributed by atoms with Crippen LogP contribution in [-0.2, 0) is 0 Å². The molecule has 0 aliphatic carbocycles. The molecule has 0 amide bonds. The van der Waals surface area contributed by atoms with E-state index >= 15 is 0 Å². The minimum atomic E-state index is -1.20. The van der Waals surface area contributed by atoms with E-state index in [1.54, 1.807) is 0 Å². The van der Waals surface area contributed by atoms with Crippen molar-refractivity contribution in [2.24, 2.45) is 0 Å². The van der Waals surface area contributed by atoms with Gasteiger partial charge in [0.1, 0.15) is 11.0 Å². The molecule has 0 radical (unpaired) electrons. The Kier molecular flexibility index (Phi) is 2.57. The second-order valence-electron chi connectivity index (χ2n) is 3.41. The molecule has 1 aromatic carbocycles. The number of rotatable bonds is 1. The van der Waals surface area contributed by atoms with Gasteiger partial charge in [0.25, 0.3) is 6.01 Å². The van der Waals surface area contributed by atoms with Crippen LogP contribution < -0.4 is 10.2 Å². The van der Waals surface area contributed by atoms with Gasteiger partial charge >= 0.3 is 0 Å². The van der Waals surface area contributed by atoms with Crippen LogP contribution in [0.25, 0.3) is 11.0 Å². The predicted molar refractivity (Wildman–Crippen MR) is 53.6 cm³/mol. The second kappa shape index (κ2) is 3.80. The van der Waals surface area contributed by atoms with Crippen LogP contribution in [0.1, 0.15) is 5.56 Å². The van der Waals surface area contributed by atoms with Gasteiger partial charge in [-0.15, -0.1) is 0 Å². The highest BCUT2D eigenvalue weighted by molar-refractivity contribution is 5.79. The van der Waals surface area contributed by atoms with Gasteiger partial charge in [0, 0.05) is 6.07 Å². The van der Waals surface area contributed by atoms with E-state index in [0.29, 0.717) is 6.07 Å². The van der Waals surface area contributed by atoms with Crippen LogP contribution in [0.4, 0.5) is 13.2 Å². The summed E-state index contributed by atoms with van der Waals surface area (Å²) in [6, 6.07) is -0.451. The van der Waals surface area contributed by atoms with Crippen LogP contribution in [0, 0.1) is 24.6 Å². The van der Waals surface area contributed by atoms with Crippen molar-refractivity contribution >= 4 is 11.0 Å². The summed E-state index contributed by atoms with van der Waals surface area (Å²) in [7, 11) is 1.06. The normalized spacial score (nSPS) is 10.9. The number of fused-ring (bicyclic) bond motifs is 1. The number of benzene rings is 1. The molecule has 0 saturated heterocycles. The summed E-state index contributed by atoms with van der Waals surface area (Å²) in [6.45, 7) is 1.15. The lowest BCUT2D eigenvalue weighted by molar-refractivity contribution is 0.350. The highest BCUT2D eigenvalue weighted by Crippen LogP contribution is 2.28. The van der Waals surface area contributed by atoms with E-state index in [4.69, 9.17) is 0 Å². The summed E-state index contributed by atoms with van der Waals surface area (Å²) in [5.41, 5.74) is -1.75. The summed E-state index contributed by atoms with van der Waals surface area (Å²) in [6.07, 6.45) is 0. The van der Waals surface area contributed by atoms with Crippen molar-refractivity contribution in [1.82, 2.24) is 0 Å². The third kappa shape index (κ3) is 1.56. The first-order chi connectivity index (χ1) is 7.97. The van der Waals surface area contributed by atoms with Crippen molar-refractivity contribution in [3.63, 3.8) is 0 Å². The first-order valence-corrected chi connectivity index (χ1v) is 4.62. The monoisotopic (exact) mass is 244 g/mol. The van der Waals surface area contributed by atoms with Gasteiger partial charge < -0.3 is 9.15 Å². The fraction of sp³-hybridized carbons (Fsp3) is 0.182. The van der Waals surface area contributed by atoms with Crippen molar-refractivity contribution in [3.05, 3.63) is 39.5 Å². The quantitative estimate of drug-likeness (QED) is 0.773. The molecule has 2 rings (SSSR count). The topological polar surface area (TPSA) is 39.4 Å². The number of halogens is 3. The van der Waals surface area contributed by atoms with E-state index in [0.717, 1.165) is 14.0 Å². The minimum absolute atomic E-state index is 0.370. The molecule has 0 spiro atoms. The Morgan fingerprint density at radius 1 is 1.29 bits per heavy atom. The summed E-state index contributed by atoms with van der Waals surface area (Å²) < 4.78 is 49.2. The lowest BCUT2D eigenvalue weighted by Crippen LogP contribution is -2.11. The predicted octanol–water partition coefficient (Wildman–Crippen LogP) is 2.53. The van der Waals surface area contributed by atoms with Gasteiger partial charge in [-0.3, -0.25) is 4.79 Å². The van der Waals surface area contributed by atoms with Crippen LogP contribution in [0.2, 0.25) is 0 Å². The molecule has 17 heavy (non-hydrogen) atoms. The molecule has 0 aliphatic rings. The van der Waals surface area contributed by atoms with E-state index in [9.17, 15) is 18.0 Å². The molecule has 0 N–H and O–H groups in total. The molecule has 0 saturated carbocycles. The van der Waals surface area contributed by atoms with E-state index in [1.807, 2.05) is 0 Å². The third-order valence-electron chi connectivity index (χ3n) is 2.41. The van der Waals surface area contributed by atoms with Gasteiger partial charge in [-0.05, 0) is 6.92 Å². The first-order valence-electron chi connectivity index (χ1n) is 4.62. The average molecular weight is 244 g/mol. The fourth-order valence-corrected chi connectivity index (χ4v) is 1.51. The van der Waals surface area contributed by atoms with Gasteiger partial charge in [-0.1, -0.05) is 0 Å². The zero-order chi connectivity index (χ0) is 12.7. The molecule has 0 aliphatic heterocycles. The van der Waals surface area contributed by atoms with E-state index < -0.39 is 39.8 Å². The van der Waals surface area contributed by atoms with Gasteiger partial charge in [0.2, 0.25) is 5.43 Å². The highest BCUT2D eigenvalue weighted by Gasteiger charge is 2.21. The molecule has 90 valence electrons. The molecule has 2 aromatic rings. The Labute approximate surface area is 93.4 Å². The second-order valence-corrected chi connectivity index (χ2v) is 3.41. The number of hydrogen-bond donors (Lipinski definition) is 0. The van der Waals surface area contributed by atoms with Crippen LogP contribution in [0.3, 0.4) is 0 Å². The summed E-state index contributed by atoms with van der Waals surface area (Å²) in [4.78, 5) is 11.6. The Morgan fingerprint density at radius 2 is 1.94 bits per heavy atom. The molecular weight excluding hydrogens is 237 g/mol. The molecule has 3 nitrogen and oxygen atoms in total. The summed E-state index contributed by atoms with van der Waals surface area (Å²) in [5.74, 6) is -2.96. The van der Waals surface area contributed by atoms with E-state index in [2.05, 4.69) is 9.15 Å². The molecule has 0 unspecified atom stereocenters. The van der Waals surface area contributed by atoms with Crippen LogP contribution in [-0.4, -0.2) is 7.11 Å². The standard InChI is InChI=1S/C11H7F3O3/c1-4-9(15)7-6(17-11(4)14)3-5(12)10(16-2)8(7)13/h3H,1-2H3. The fourth-order valence-electron chi connectivity index (χ4n) is 1.51. The minimum Gasteiger partial charge on any atom is -0.491 e.